The number of carbonyl (C=O) groups is 1. The van der Waals surface area contributed by atoms with E-state index in [4.69, 9.17) is 4.74 Å². The molecule has 1 aliphatic rings. The molecule has 24 heavy (non-hydrogen) atoms. The van der Waals surface area contributed by atoms with E-state index in [9.17, 15) is 4.79 Å². The first-order valence-electron chi connectivity index (χ1n) is 8.95. The standard InChI is InChI=1S/C19H31N3O2/c1-14(2)17-6-5-15(3)18(13-17)24-16(4)19(23)21-9-12-22-10-7-20-8-11-22/h5-6,13-14,16,20H,7-12H2,1-4H3,(H,21,23). The maximum Gasteiger partial charge on any atom is 0.260 e. The molecule has 1 atom stereocenters. The number of piperazine rings is 1. The second kappa shape index (κ2) is 9.04. The van der Waals surface area contributed by atoms with Crippen LogP contribution in [-0.4, -0.2) is 56.2 Å². The summed E-state index contributed by atoms with van der Waals surface area (Å²) in [6, 6.07) is 6.22. The van der Waals surface area contributed by atoms with Crippen LogP contribution in [0.1, 0.15) is 37.8 Å². The van der Waals surface area contributed by atoms with Gasteiger partial charge in [0.15, 0.2) is 6.10 Å². The Bertz CT molecular complexity index is 539. The number of hydrogen-bond donors (Lipinski definition) is 2. The molecule has 1 heterocycles. The molecule has 0 saturated carbocycles. The van der Waals surface area contributed by atoms with Crippen LogP contribution in [0.2, 0.25) is 0 Å². The van der Waals surface area contributed by atoms with E-state index in [0.29, 0.717) is 12.5 Å². The molecule has 0 aliphatic carbocycles. The molecule has 1 amide bonds. The Morgan fingerprint density at radius 2 is 2.00 bits per heavy atom. The van der Waals surface area contributed by atoms with Crippen LogP contribution >= 0.6 is 0 Å². The minimum atomic E-state index is -0.492. The van der Waals surface area contributed by atoms with Crippen molar-refractivity contribution in [2.75, 3.05) is 39.3 Å². The van der Waals surface area contributed by atoms with Gasteiger partial charge in [0.05, 0.1) is 0 Å². The molecule has 2 rings (SSSR count). The molecule has 0 aromatic heterocycles. The highest BCUT2D eigenvalue weighted by Gasteiger charge is 2.17. The minimum Gasteiger partial charge on any atom is -0.481 e. The number of benzene rings is 1. The number of amides is 1. The maximum absolute atomic E-state index is 12.3. The van der Waals surface area contributed by atoms with Crippen LogP contribution in [-0.2, 0) is 4.79 Å². The Hall–Kier alpha value is -1.59. The maximum atomic E-state index is 12.3. The molecule has 134 valence electrons. The highest BCUT2D eigenvalue weighted by molar-refractivity contribution is 5.80. The van der Waals surface area contributed by atoms with Crippen molar-refractivity contribution in [1.82, 2.24) is 15.5 Å². The zero-order valence-corrected chi connectivity index (χ0v) is 15.4. The van der Waals surface area contributed by atoms with Crippen LogP contribution < -0.4 is 15.4 Å². The lowest BCUT2D eigenvalue weighted by Crippen LogP contribution is -2.47. The second-order valence-corrected chi connectivity index (χ2v) is 6.82. The van der Waals surface area contributed by atoms with Crippen molar-refractivity contribution in [3.05, 3.63) is 29.3 Å². The van der Waals surface area contributed by atoms with Gasteiger partial charge in [0, 0.05) is 39.3 Å². The van der Waals surface area contributed by atoms with E-state index in [1.54, 1.807) is 0 Å². The van der Waals surface area contributed by atoms with Gasteiger partial charge in [-0.05, 0) is 37.0 Å². The molecule has 0 bridgehead atoms. The molecule has 2 N–H and O–H groups in total. The Morgan fingerprint density at radius 1 is 1.29 bits per heavy atom. The van der Waals surface area contributed by atoms with Crippen LogP contribution in [0.25, 0.3) is 0 Å². The Labute approximate surface area is 145 Å². The Morgan fingerprint density at radius 3 is 2.67 bits per heavy atom. The van der Waals surface area contributed by atoms with Crippen molar-refractivity contribution in [2.45, 2.75) is 39.7 Å². The summed E-state index contributed by atoms with van der Waals surface area (Å²) in [4.78, 5) is 14.6. The number of ether oxygens (including phenoxy) is 1. The van der Waals surface area contributed by atoms with E-state index >= 15 is 0 Å². The molecule has 1 aliphatic heterocycles. The summed E-state index contributed by atoms with van der Waals surface area (Å²) in [7, 11) is 0. The lowest BCUT2D eigenvalue weighted by atomic mass is 10.0. The van der Waals surface area contributed by atoms with Gasteiger partial charge in [-0.1, -0.05) is 26.0 Å². The normalized spacial score (nSPS) is 16.9. The fraction of sp³-hybridized carbons (Fsp3) is 0.632. The first kappa shape index (κ1) is 18.7. The van der Waals surface area contributed by atoms with Gasteiger partial charge in [-0.25, -0.2) is 0 Å². The average Bonchev–Trinajstić information content (AvgIpc) is 2.57. The third kappa shape index (κ3) is 5.49. The second-order valence-electron chi connectivity index (χ2n) is 6.82. The third-order valence-corrected chi connectivity index (χ3v) is 4.49. The van der Waals surface area contributed by atoms with Gasteiger partial charge in [-0.3, -0.25) is 9.69 Å². The van der Waals surface area contributed by atoms with Crippen LogP contribution in [0.15, 0.2) is 18.2 Å². The van der Waals surface area contributed by atoms with Crippen molar-refractivity contribution in [2.24, 2.45) is 0 Å². The van der Waals surface area contributed by atoms with E-state index in [0.717, 1.165) is 44.0 Å². The van der Waals surface area contributed by atoms with Gasteiger partial charge in [-0.2, -0.15) is 0 Å². The largest absolute Gasteiger partial charge is 0.481 e. The van der Waals surface area contributed by atoms with Crippen LogP contribution in [0.3, 0.4) is 0 Å². The number of hydrogen-bond acceptors (Lipinski definition) is 4. The molecule has 1 saturated heterocycles. The number of nitrogens with one attached hydrogen (secondary N) is 2. The van der Waals surface area contributed by atoms with Gasteiger partial charge in [0.25, 0.3) is 5.91 Å². The van der Waals surface area contributed by atoms with Gasteiger partial charge in [0.1, 0.15) is 5.75 Å². The fourth-order valence-electron chi connectivity index (χ4n) is 2.76. The van der Waals surface area contributed by atoms with Gasteiger partial charge in [0.2, 0.25) is 0 Å². The molecule has 1 fully saturated rings. The van der Waals surface area contributed by atoms with Crippen LogP contribution in [0.4, 0.5) is 0 Å². The number of nitrogens with zero attached hydrogens (tertiary/aromatic N) is 1. The molecule has 1 aromatic carbocycles. The van der Waals surface area contributed by atoms with Crippen molar-refractivity contribution in [1.29, 1.82) is 0 Å². The first-order valence-corrected chi connectivity index (χ1v) is 8.95. The lowest BCUT2D eigenvalue weighted by molar-refractivity contribution is -0.127. The summed E-state index contributed by atoms with van der Waals surface area (Å²) >= 11 is 0. The third-order valence-electron chi connectivity index (χ3n) is 4.49. The summed E-state index contributed by atoms with van der Waals surface area (Å²) in [6.45, 7) is 13.8. The van der Waals surface area contributed by atoms with Crippen LogP contribution in [0, 0.1) is 6.92 Å². The zero-order chi connectivity index (χ0) is 17.5. The average molecular weight is 333 g/mol. The minimum absolute atomic E-state index is 0.0560. The highest BCUT2D eigenvalue weighted by Crippen LogP contribution is 2.25. The summed E-state index contributed by atoms with van der Waals surface area (Å²) in [5.41, 5.74) is 2.28. The molecular formula is C19H31N3O2. The lowest BCUT2D eigenvalue weighted by Gasteiger charge is -2.27. The van der Waals surface area contributed by atoms with E-state index < -0.39 is 6.10 Å². The molecule has 0 spiro atoms. The van der Waals surface area contributed by atoms with E-state index in [-0.39, 0.29) is 5.91 Å². The van der Waals surface area contributed by atoms with Gasteiger partial charge < -0.3 is 15.4 Å². The summed E-state index contributed by atoms with van der Waals surface area (Å²) < 4.78 is 5.90. The highest BCUT2D eigenvalue weighted by atomic mass is 16.5. The molecule has 0 radical (unpaired) electrons. The van der Waals surface area contributed by atoms with E-state index in [1.807, 2.05) is 19.9 Å². The van der Waals surface area contributed by atoms with Crippen LogP contribution in [0.5, 0.6) is 5.75 Å². The zero-order valence-electron chi connectivity index (χ0n) is 15.4. The quantitative estimate of drug-likeness (QED) is 0.800. The first-order chi connectivity index (χ1) is 11.5. The Kier molecular flexibility index (Phi) is 7.06. The fourth-order valence-corrected chi connectivity index (χ4v) is 2.76. The predicted octanol–water partition coefficient (Wildman–Crippen LogP) is 1.91. The van der Waals surface area contributed by atoms with Gasteiger partial charge in [-0.15, -0.1) is 0 Å². The van der Waals surface area contributed by atoms with Crippen molar-refractivity contribution in [3.63, 3.8) is 0 Å². The van der Waals surface area contributed by atoms with Crippen molar-refractivity contribution >= 4 is 5.91 Å². The molecule has 1 unspecified atom stereocenters. The predicted molar refractivity (Wildman–Crippen MR) is 97.7 cm³/mol. The van der Waals surface area contributed by atoms with Crippen molar-refractivity contribution < 1.29 is 9.53 Å². The van der Waals surface area contributed by atoms with Crippen molar-refractivity contribution in [3.8, 4) is 5.75 Å². The number of carbonyl (C=O) groups excluding carboxylic acids is 1. The SMILES string of the molecule is Cc1ccc(C(C)C)cc1OC(C)C(=O)NCCN1CCNCC1. The number of rotatable bonds is 7. The number of aryl methyl sites for hydroxylation is 1. The smallest absolute Gasteiger partial charge is 0.260 e. The molecular weight excluding hydrogens is 302 g/mol. The summed E-state index contributed by atoms with van der Waals surface area (Å²) in [6.07, 6.45) is -0.492. The molecule has 5 nitrogen and oxygen atoms in total. The summed E-state index contributed by atoms with van der Waals surface area (Å²) in [5.74, 6) is 1.18. The van der Waals surface area contributed by atoms with Gasteiger partial charge >= 0.3 is 0 Å². The molecule has 5 heteroatoms. The molecule has 1 aromatic rings. The van der Waals surface area contributed by atoms with E-state index in [2.05, 4.69) is 41.5 Å². The Balaban J connectivity index is 1.81. The monoisotopic (exact) mass is 333 g/mol. The van der Waals surface area contributed by atoms with E-state index in [1.165, 1.54) is 5.56 Å². The summed E-state index contributed by atoms with van der Waals surface area (Å²) in [5, 5.41) is 6.31. The topological polar surface area (TPSA) is 53.6 Å².